The molecule has 2 rings (SSSR count). The molecule has 1 aromatic heterocycles. The fourth-order valence-electron chi connectivity index (χ4n) is 2.05. The summed E-state index contributed by atoms with van der Waals surface area (Å²) < 4.78 is 27.2. The average Bonchev–Trinajstić information content (AvgIpc) is 2.47. The van der Waals surface area contributed by atoms with Crippen molar-refractivity contribution in [1.29, 1.82) is 0 Å². The van der Waals surface area contributed by atoms with Gasteiger partial charge in [-0.2, -0.15) is 0 Å². The number of carbonyl (C=O) groups is 1. The highest BCUT2D eigenvalue weighted by Gasteiger charge is 2.19. The highest BCUT2D eigenvalue weighted by atomic mass is 19.1. The van der Waals surface area contributed by atoms with E-state index < -0.39 is 23.0 Å². The molecule has 1 aromatic carbocycles. The molecular formula is C16H16F2N2O. The number of halogens is 2. The van der Waals surface area contributed by atoms with Crippen molar-refractivity contribution in [3.63, 3.8) is 0 Å². The molecule has 0 atom stereocenters. The number of aromatic nitrogens is 1. The third kappa shape index (κ3) is 3.92. The summed E-state index contributed by atoms with van der Waals surface area (Å²) in [5.41, 5.74) is 0.332. The zero-order valence-electron chi connectivity index (χ0n) is 11.7. The molecule has 0 radical (unpaired) electrons. The van der Waals surface area contributed by atoms with Gasteiger partial charge in [0.2, 0.25) is 0 Å². The molecule has 0 aliphatic heterocycles. The number of carbonyl (C=O) groups excluding carboxylic acids is 1. The van der Waals surface area contributed by atoms with E-state index in [0.717, 1.165) is 17.8 Å². The molecule has 0 aliphatic carbocycles. The second kappa shape index (κ2) is 7.04. The number of Topliss-reactive ketones (excluding diaryl/α,β-unsaturated/α-hetero) is 1. The molecule has 0 N–H and O–H groups in total. The summed E-state index contributed by atoms with van der Waals surface area (Å²) in [6.07, 6.45) is 1.67. The number of likely N-dealkylation sites (N-methyl/N-ethyl adjacent to an activating group) is 1. The molecule has 1 heterocycles. The molecule has 0 saturated heterocycles. The van der Waals surface area contributed by atoms with Crippen LogP contribution in [0.25, 0.3) is 0 Å². The lowest BCUT2D eigenvalue weighted by atomic mass is 10.1. The Morgan fingerprint density at radius 1 is 1.14 bits per heavy atom. The van der Waals surface area contributed by atoms with Gasteiger partial charge in [0.05, 0.1) is 17.8 Å². The largest absolute Gasteiger partial charge is 0.292 e. The van der Waals surface area contributed by atoms with E-state index in [0.29, 0.717) is 13.1 Å². The maximum absolute atomic E-state index is 13.6. The highest BCUT2D eigenvalue weighted by molar-refractivity contribution is 5.98. The number of benzene rings is 1. The zero-order chi connectivity index (χ0) is 15.2. The van der Waals surface area contributed by atoms with E-state index in [1.165, 1.54) is 6.07 Å². The van der Waals surface area contributed by atoms with E-state index in [1.807, 2.05) is 19.1 Å². The minimum atomic E-state index is -0.825. The molecule has 0 amide bonds. The summed E-state index contributed by atoms with van der Waals surface area (Å²) in [5.74, 6) is -2.22. The Labute approximate surface area is 122 Å². The summed E-state index contributed by atoms with van der Waals surface area (Å²) in [5, 5.41) is 0. The Morgan fingerprint density at radius 2 is 1.86 bits per heavy atom. The predicted molar refractivity (Wildman–Crippen MR) is 75.9 cm³/mol. The second-order valence-electron chi connectivity index (χ2n) is 4.64. The molecule has 2 aromatic rings. The van der Waals surface area contributed by atoms with Crippen LogP contribution in [0.1, 0.15) is 23.0 Å². The van der Waals surface area contributed by atoms with Crippen molar-refractivity contribution in [3.05, 3.63) is 65.5 Å². The predicted octanol–water partition coefficient (Wildman–Crippen LogP) is 3.06. The molecule has 0 spiro atoms. The second-order valence-corrected chi connectivity index (χ2v) is 4.64. The first-order valence-corrected chi connectivity index (χ1v) is 6.71. The van der Waals surface area contributed by atoms with Gasteiger partial charge in [-0.25, -0.2) is 8.78 Å². The van der Waals surface area contributed by atoms with E-state index in [2.05, 4.69) is 4.98 Å². The Morgan fingerprint density at radius 3 is 2.43 bits per heavy atom. The Balaban J connectivity index is 2.10. The van der Waals surface area contributed by atoms with E-state index in [1.54, 1.807) is 17.2 Å². The minimum absolute atomic E-state index is 0.0507. The van der Waals surface area contributed by atoms with Gasteiger partial charge >= 0.3 is 0 Å². The third-order valence-electron chi connectivity index (χ3n) is 3.17. The Kier molecular flexibility index (Phi) is 5.11. The van der Waals surface area contributed by atoms with E-state index in [-0.39, 0.29) is 6.54 Å². The lowest BCUT2D eigenvalue weighted by Gasteiger charge is -2.19. The molecule has 21 heavy (non-hydrogen) atoms. The fraction of sp³-hybridized carbons (Fsp3) is 0.250. The average molecular weight is 290 g/mol. The van der Waals surface area contributed by atoms with Crippen molar-refractivity contribution in [1.82, 2.24) is 9.88 Å². The Hall–Kier alpha value is -2.14. The van der Waals surface area contributed by atoms with Crippen molar-refractivity contribution in [2.45, 2.75) is 13.5 Å². The van der Waals surface area contributed by atoms with Crippen LogP contribution in [0.2, 0.25) is 0 Å². The summed E-state index contributed by atoms with van der Waals surface area (Å²) >= 11 is 0. The quantitative estimate of drug-likeness (QED) is 0.767. The molecule has 3 nitrogen and oxygen atoms in total. The summed E-state index contributed by atoms with van der Waals surface area (Å²) in [7, 11) is 0. The lowest BCUT2D eigenvalue weighted by molar-refractivity contribution is 0.0920. The topological polar surface area (TPSA) is 33.2 Å². The lowest BCUT2D eigenvalue weighted by Crippen LogP contribution is -2.30. The smallest absolute Gasteiger partial charge is 0.182 e. The van der Waals surface area contributed by atoms with Crippen molar-refractivity contribution < 1.29 is 13.6 Å². The number of hydrogen-bond acceptors (Lipinski definition) is 3. The van der Waals surface area contributed by atoms with Crippen LogP contribution in [0, 0.1) is 11.6 Å². The maximum atomic E-state index is 13.6. The van der Waals surface area contributed by atoms with Gasteiger partial charge < -0.3 is 0 Å². The van der Waals surface area contributed by atoms with Crippen molar-refractivity contribution in [2.75, 3.05) is 13.1 Å². The first kappa shape index (κ1) is 15.3. The van der Waals surface area contributed by atoms with Crippen LogP contribution in [-0.4, -0.2) is 28.8 Å². The van der Waals surface area contributed by atoms with Crippen LogP contribution in [0.3, 0.4) is 0 Å². The molecule has 0 saturated carbocycles. The molecule has 0 unspecified atom stereocenters. The van der Waals surface area contributed by atoms with Gasteiger partial charge in [-0.1, -0.05) is 19.1 Å². The summed E-state index contributed by atoms with van der Waals surface area (Å²) in [6.45, 7) is 2.87. The molecule has 0 bridgehead atoms. The molecule has 5 heteroatoms. The van der Waals surface area contributed by atoms with Gasteiger partial charge in [0.1, 0.15) is 11.6 Å². The monoisotopic (exact) mass is 290 g/mol. The number of hydrogen-bond donors (Lipinski definition) is 0. The SMILES string of the molecule is CCN(CC(=O)c1c(F)cccc1F)Cc1ccccn1. The van der Waals surface area contributed by atoms with Crippen molar-refractivity contribution >= 4 is 5.78 Å². The number of ketones is 1. The minimum Gasteiger partial charge on any atom is -0.292 e. The zero-order valence-corrected chi connectivity index (χ0v) is 11.7. The Bertz CT molecular complexity index is 597. The van der Waals surface area contributed by atoms with Gasteiger partial charge in [-0.15, -0.1) is 0 Å². The van der Waals surface area contributed by atoms with Crippen LogP contribution in [0.4, 0.5) is 8.78 Å². The first-order valence-electron chi connectivity index (χ1n) is 6.71. The molecule has 110 valence electrons. The fourth-order valence-corrected chi connectivity index (χ4v) is 2.05. The number of pyridine rings is 1. The van der Waals surface area contributed by atoms with E-state index in [9.17, 15) is 13.6 Å². The standard InChI is InChI=1S/C16H16F2N2O/c1-2-20(10-12-6-3-4-9-19-12)11-15(21)16-13(17)7-5-8-14(16)18/h3-9H,2,10-11H2,1H3. The van der Waals surface area contributed by atoms with Crippen molar-refractivity contribution in [2.24, 2.45) is 0 Å². The van der Waals surface area contributed by atoms with Gasteiger partial charge in [0.15, 0.2) is 5.78 Å². The first-order chi connectivity index (χ1) is 10.1. The normalized spacial score (nSPS) is 10.9. The molecule has 0 aliphatic rings. The van der Waals surface area contributed by atoms with Gasteiger partial charge in [0.25, 0.3) is 0 Å². The van der Waals surface area contributed by atoms with E-state index in [4.69, 9.17) is 0 Å². The number of rotatable bonds is 6. The number of nitrogens with zero attached hydrogens (tertiary/aromatic N) is 2. The van der Waals surface area contributed by atoms with Crippen molar-refractivity contribution in [3.8, 4) is 0 Å². The highest BCUT2D eigenvalue weighted by Crippen LogP contribution is 2.14. The summed E-state index contributed by atoms with van der Waals surface area (Å²) in [6, 6.07) is 8.93. The van der Waals surface area contributed by atoms with Crippen LogP contribution < -0.4 is 0 Å². The third-order valence-corrected chi connectivity index (χ3v) is 3.17. The molecule has 0 fully saturated rings. The van der Waals surface area contributed by atoms with Crippen LogP contribution >= 0.6 is 0 Å². The van der Waals surface area contributed by atoms with E-state index >= 15 is 0 Å². The van der Waals surface area contributed by atoms with Gasteiger partial charge in [-0.3, -0.25) is 14.7 Å². The van der Waals surface area contributed by atoms with Crippen LogP contribution in [0.5, 0.6) is 0 Å². The summed E-state index contributed by atoms with van der Waals surface area (Å²) in [4.78, 5) is 18.1. The van der Waals surface area contributed by atoms with Crippen LogP contribution in [-0.2, 0) is 6.54 Å². The van der Waals surface area contributed by atoms with Gasteiger partial charge in [-0.05, 0) is 30.8 Å². The van der Waals surface area contributed by atoms with Gasteiger partial charge in [0, 0.05) is 12.7 Å². The van der Waals surface area contributed by atoms with Crippen LogP contribution in [0.15, 0.2) is 42.6 Å². The maximum Gasteiger partial charge on any atom is 0.182 e. The molecular weight excluding hydrogens is 274 g/mol.